The van der Waals surface area contributed by atoms with Gasteiger partial charge >= 0.3 is 0 Å². The second kappa shape index (κ2) is 9.83. The van der Waals surface area contributed by atoms with E-state index in [9.17, 15) is 14.4 Å². The van der Waals surface area contributed by atoms with Crippen molar-refractivity contribution in [2.24, 2.45) is 0 Å². The fourth-order valence-corrected chi connectivity index (χ4v) is 6.85. The maximum absolute atomic E-state index is 13.2. The number of benzene rings is 2. The van der Waals surface area contributed by atoms with Crippen LogP contribution in [0.5, 0.6) is 5.75 Å². The van der Waals surface area contributed by atoms with Gasteiger partial charge in [-0.25, -0.2) is 0 Å². The maximum Gasteiger partial charge on any atom is 0.255 e. The minimum atomic E-state index is -0.606. The van der Waals surface area contributed by atoms with Crippen LogP contribution in [0.1, 0.15) is 72.6 Å². The molecule has 1 atom stereocenters. The number of amides is 3. The van der Waals surface area contributed by atoms with Crippen molar-refractivity contribution in [2.75, 3.05) is 19.7 Å². The number of imide groups is 1. The summed E-state index contributed by atoms with van der Waals surface area (Å²) in [5, 5.41) is 6.88. The van der Waals surface area contributed by atoms with Crippen molar-refractivity contribution in [2.45, 2.75) is 70.1 Å². The number of nitrogens with one attached hydrogen (secondary N) is 1. The largest absolute Gasteiger partial charge is 0.492 e. The molecule has 0 saturated carbocycles. The van der Waals surface area contributed by atoms with Crippen molar-refractivity contribution in [1.82, 2.24) is 24.9 Å². The van der Waals surface area contributed by atoms with Gasteiger partial charge in [0.15, 0.2) is 0 Å². The van der Waals surface area contributed by atoms with Crippen molar-refractivity contribution in [1.29, 1.82) is 0 Å². The van der Waals surface area contributed by atoms with Crippen molar-refractivity contribution < 1.29 is 19.1 Å². The summed E-state index contributed by atoms with van der Waals surface area (Å²) in [7, 11) is 0. The molecule has 9 heteroatoms. The molecule has 3 aromatic rings. The maximum atomic E-state index is 13.2. The van der Waals surface area contributed by atoms with Gasteiger partial charge in [-0.3, -0.25) is 29.3 Å². The Hall–Kier alpha value is -3.98. The van der Waals surface area contributed by atoms with E-state index in [1.54, 1.807) is 4.90 Å². The molecule has 9 nitrogen and oxygen atoms in total. The molecule has 2 aromatic carbocycles. The van der Waals surface area contributed by atoms with Gasteiger partial charge in [0.25, 0.3) is 5.91 Å². The zero-order chi connectivity index (χ0) is 28.3. The lowest BCUT2D eigenvalue weighted by atomic mass is 9.74. The van der Waals surface area contributed by atoms with E-state index in [-0.39, 0.29) is 29.6 Å². The molecule has 3 amide bonds. The number of fused-ring (bicyclic) bond motifs is 3. The van der Waals surface area contributed by atoms with E-state index < -0.39 is 6.04 Å². The predicted molar refractivity (Wildman–Crippen MR) is 152 cm³/mol. The summed E-state index contributed by atoms with van der Waals surface area (Å²) in [4.78, 5) is 41.4. The summed E-state index contributed by atoms with van der Waals surface area (Å²) in [6, 6.07) is 12.5. The Morgan fingerprint density at radius 3 is 2.68 bits per heavy atom. The van der Waals surface area contributed by atoms with Gasteiger partial charge in [0, 0.05) is 53.9 Å². The second-order valence-electron chi connectivity index (χ2n) is 12.3. The van der Waals surface area contributed by atoms with Crippen LogP contribution in [0.15, 0.2) is 48.8 Å². The lowest BCUT2D eigenvalue weighted by Gasteiger charge is -2.38. The molecule has 212 valence electrons. The number of carbonyl (C=O) groups is 3. The number of likely N-dealkylation sites (tertiary alicyclic amines) is 1. The number of aromatic nitrogens is 2. The van der Waals surface area contributed by atoms with Crippen molar-refractivity contribution in [3.63, 3.8) is 0 Å². The summed E-state index contributed by atoms with van der Waals surface area (Å²) in [6.45, 7) is 8.13. The van der Waals surface area contributed by atoms with Gasteiger partial charge in [-0.15, -0.1) is 0 Å². The number of carbonyl (C=O) groups excluding carboxylic acids is 3. The third-order valence-corrected chi connectivity index (χ3v) is 9.31. The molecule has 41 heavy (non-hydrogen) atoms. The molecule has 0 radical (unpaired) electrons. The molecule has 1 aromatic heterocycles. The Bertz CT molecular complexity index is 1550. The lowest BCUT2D eigenvalue weighted by Crippen LogP contribution is -2.52. The minimum Gasteiger partial charge on any atom is -0.492 e. The highest BCUT2D eigenvalue weighted by atomic mass is 16.5. The zero-order valence-electron chi connectivity index (χ0n) is 23.6. The number of rotatable bonds is 5. The highest BCUT2D eigenvalue weighted by Gasteiger charge is 2.46. The van der Waals surface area contributed by atoms with Crippen LogP contribution in [-0.2, 0) is 28.1 Å². The summed E-state index contributed by atoms with van der Waals surface area (Å²) in [5.41, 5.74) is 6.32. The Kier molecular flexibility index (Phi) is 6.23. The van der Waals surface area contributed by atoms with Crippen LogP contribution in [0.25, 0.3) is 11.1 Å². The lowest BCUT2D eigenvalue weighted by molar-refractivity contribution is -0.136. The summed E-state index contributed by atoms with van der Waals surface area (Å²) in [6.07, 6.45) is 6.65. The Labute approximate surface area is 239 Å². The molecular formula is C32H35N5O4. The number of ether oxygens (including phenoxy) is 1. The molecule has 4 aliphatic rings. The van der Waals surface area contributed by atoms with E-state index in [2.05, 4.69) is 65.7 Å². The highest BCUT2D eigenvalue weighted by molar-refractivity contribution is 6.05. The fourth-order valence-electron chi connectivity index (χ4n) is 6.85. The van der Waals surface area contributed by atoms with Crippen molar-refractivity contribution in [3.8, 4) is 16.9 Å². The minimum absolute atomic E-state index is 0.0563. The predicted octanol–water partition coefficient (Wildman–Crippen LogP) is 3.82. The Morgan fingerprint density at radius 1 is 1.10 bits per heavy atom. The molecule has 0 bridgehead atoms. The topological polar surface area (TPSA) is 96.8 Å². The molecule has 1 N–H and O–H groups in total. The Morgan fingerprint density at radius 2 is 1.93 bits per heavy atom. The zero-order valence-corrected chi connectivity index (χ0v) is 23.6. The van der Waals surface area contributed by atoms with Gasteiger partial charge in [0.2, 0.25) is 11.8 Å². The van der Waals surface area contributed by atoms with Gasteiger partial charge in [-0.2, -0.15) is 5.10 Å². The van der Waals surface area contributed by atoms with Crippen LogP contribution >= 0.6 is 0 Å². The average Bonchev–Trinajstić information content (AvgIpc) is 3.67. The van der Waals surface area contributed by atoms with E-state index >= 15 is 0 Å². The van der Waals surface area contributed by atoms with Crippen molar-refractivity contribution >= 4 is 17.7 Å². The summed E-state index contributed by atoms with van der Waals surface area (Å²) < 4.78 is 8.19. The summed E-state index contributed by atoms with van der Waals surface area (Å²) >= 11 is 0. The van der Waals surface area contributed by atoms with E-state index in [1.807, 2.05) is 16.9 Å². The first-order chi connectivity index (χ1) is 19.8. The van der Waals surface area contributed by atoms with Gasteiger partial charge in [-0.1, -0.05) is 18.2 Å². The number of piperidine rings is 2. The molecule has 2 saturated heterocycles. The van der Waals surface area contributed by atoms with Gasteiger partial charge < -0.3 is 9.64 Å². The molecule has 1 unspecified atom stereocenters. The van der Waals surface area contributed by atoms with Gasteiger partial charge in [0.1, 0.15) is 11.8 Å². The standard InChI is InChI=1S/C32H35N5O4/c1-20(2)37-18-24(15-33-37)22-5-3-4-21(12-22)16-35-10-8-32(9-11-35)19-41-28-14-25-23(13-26(28)32)17-36(31(25)40)27-6-7-29(38)34-30(27)39/h3-5,12-15,18,20,27H,6-11,16-17,19H2,1-2H3,(H,34,38,39). The van der Waals surface area contributed by atoms with E-state index in [1.165, 1.54) is 16.7 Å². The third-order valence-electron chi connectivity index (χ3n) is 9.31. The number of hydrogen-bond donors (Lipinski definition) is 1. The number of nitrogens with zero attached hydrogens (tertiary/aromatic N) is 4. The van der Waals surface area contributed by atoms with Crippen LogP contribution in [0.3, 0.4) is 0 Å². The fraction of sp³-hybridized carbons (Fsp3) is 0.438. The SMILES string of the molecule is CC(C)n1cc(-c2cccc(CN3CCC4(CC3)COc3cc5c(cc34)CN(C3CCC(=O)NC3=O)C5=O)c2)cn1. The van der Waals surface area contributed by atoms with Crippen LogP contribution in [0.4, 0.5) is 0 Å². The molecule has 7 rings (SSSR count). The second-order valence-corrected chi connectivity index (χ2v) is 12.3. The molecular weight excluding hydrogens is 518 g/mol. The first-order valence-electron chi connectivity index (χ1n) is 14.6. The molecule has 5 heterocycles. The molecule has 2 fully saturated rings. The van der Waals surface area contributed by atoms with Crippen LogP contribution in [-0.4, -0.2) is 63.0 Å². The van der Waals surface area contributed by atoms with Crippen molar-refractivity contribution in [3.05, 3.63) is 71.0 Å². The smallest absolute Gasteiger partial charge is 0.255 e. The van der Waals surface area contributed by atoms with Gasteiger partial charge in [0.05, 0.1) is 12.8 Å². The summed E-state index contributed by atoms with van der Waals surface area (Å²) in [5.74, 6) is -0.0191. The molecule has 1 spiro atoms. The van der Waals surface area contributed by atoms with Crippen LogP contribution in [0.2, 0.25) is 0 Å². The van der Waals surface area contributed by atoms with E-state index in [0.29, 0.717) is 31.2 Å². The average molecular weight is 554 g/mol. The normalized spacial score (nSPS) is 21.8. The first-order valence-corrected chi connectivity index (χ1v) is 14.6. The monoisotopic (exact) mass is 553 g/mol. The number of hydrogen-bond acceptors (Lipinski definition) is 6. The molecule has 0 aliphatic carbocycles. The van der Waals surface area contributed by atoms with E-state index in [0.717, 1.165) is 49.4 Å². The Balaban J connectivity index is 1.04. The van der Waals surface area contributed by atoms with Crippen LogP contribution < -0.4 is 10.1 Å². The quantitative estimate of drug-likeness (QED) is 0.483. The van der Waals surface area contributed by atoms with Crippen LogP contribution in [0, 0.1) is 0 Å². The molecule has 4 aliphatic heterocycles. The third kappa shape index (κ3) is 4.52. The first kappa shape index (κ1) is 26.0. The van der Waals surface area contributed by atoms with Gasteiger partial charge in [-0.05, 0) is 81.1 Å². The highest BCUT2D eigenvalue weighted by Crippen LogP contribution is 2.48. The van der Waals surface area contributed by atoms with E-state index in [4.69, 9.17) is 4.74 Å².